The van der Waals surface area contributed by atoms with Crippen LogP contribution >= 0.6 is 11.3 Å². The number of amides is 1. The maximum Gasteiger partial charge on any atom is 0.264 e. The van der Waals surface area contributed by atoms with E-state index in [1.54, 1.807) is 0 Å². The summed E-state index contributed by atoms with van der Waals surface area (Å²) in [4.78, 5) is 16.6. The monoisotopic (exact) mass is 382 g/mol. The summed E-state index contributed by atoms with van der Waals surface area (Å²) in [6.07, 6.45) is 0.922. The molecule has 0 fully saturated rings. The summed E-state index contributed by atoms with van der Waals surface area (Å²) >= 11 is 1.36. The van der Waals surface area contributed by atoms with Crippen molar-refractivity contribution in [3.05, 3.63) is 53.4 Å². The number of fused-ring (bicyclic) bond motifs is 1. The van der Waals surface area contributed by atoms with Gasteiger partial charge in [-0.25, -0.2) is 4.98 Å². The second kappa shape index (κ2) is 7.67. The van der Waals surface area contributed by atoms with Crippen molar-refractivity contribution < 1.29 is 19.0 Å². The fourth-order valence-electron chi connectivity index (χ4n) is 2.68. The van der Waals surface area contributed by atoms with Gasteiger partial charge in [0.15, 0.2) is 23.2 Å². The van der Waals surface area contributed by atoms with E-state index in [-0.39, 0.29) is 19.3 Å². The number of nitrogens with one attached hydrogen (secondary N) is 1. The third-order valence-corrected chi connectivity index (χ3v) is 4.85. The average molecular weight is 382 g/mol. The normalized spacial score (nSPS) is 12.0. The molecule has 1 aliphatic rings. The maximum atomic E-state index is 12.1. The lowest BCUT2D eigenvalue weighted by atomic mass is 10.1. The zero-order chi connectivity index (χ0) is 18.6. The van der Waals surface area contributed by atoms with Crippen molar-refractivity contribution in [2.24, 2.45) is 0 Å². The largest absolute Gasteiger partial charge is 0.484 e. The number of carbonyl (C=O) groups excluding carboxylic acids is 1. The van der Waals surface area contributed by atoms with Crippen molar-refractivity contribution in [1.29, 1.82) is 0 Å². The number of anilines is 1. The molecule has 2 heterocycles. The molecule has 0 unspecified atom stereocenters. The first kappa shape index (κ1) is 17.4. The molecule has 27 heavy (non-hydrogen) atoms. The molecule has 0 radical (unpaired) electrons. The number of nitrogens with zero attached hydrogens (tertiary/aromatic N) is 1. The Labute approximate surface area is 160 Å². The van der Waals surface area contributed by atoms with Crippen LogP contribution in [0, 0.1) is 0 Å². The van der Waals surface area contributed by atoms with Crippen LogP contribution in [0.5, 0.6) is 17.2 Å². The van der Waals surface area contributed by atoms with Crippen LogP contribution in [0.1, 0.15) is 12.5 Å². The number of aryl methyl sites for hydroxylation is 1. The Balaban J connectivity index is 1.36. The lowest BCUT2D eigenvalue weighted by Crippen LogP contribution is -2.20. The van der Waals surface area contributed by atoms with Crippen LogP contribution in [0.4, 0.5) is 5.13 Å². The molecule has 0 aliphatic carbocycles. The van der Waals surface area contributed by atoms with E-state index < -0.39 is 0 Å². The van der Waals surface area contributed by atoms with Crippen LogP contribution in [0.3, 0.4) is 0 Å². The summed E-state index contributed by atoms with van der Waals surface area (Å²) in [5, 5.41) is 5.18. The molecular weight excluding hydrogens is 364 g/mol. The topological polar surface area (TPSA) is 69.7 Å². The fraction of sp³-hybridized carbons (Fsp3) is 0.200. The number of aromatic nitrogens is 1. The van der Waals surface area contributed by atoms with E-state index in [1.165, 1.54) is 16.9 Å². The van der Waals surface area contributed by atoms with E-state index in [0.717, 1.165) is 23.4 Å². The van der Waals surface area contributed by atoms with Crippen molar-refractivity contribution in [1.82, 2.24) is 4.98 Å². The molecule has 3 aromatic rings. The van der Waals surface area contributed by atoms with Gasteiger partial charge in [-0.3, -0.25) is 10.1 Å². The van der Waals surface area contributed by atoms with Crippen molar-refractivity contribution in [3.63, 3.8) is 0 Å². The van der Waals surface area contributed by atoms with Gasteiger partial charge in [-0.15, -0.1) is 11.3 Å². The Bertz CT molecular complexity index is 970. The molecule has 1 N–H and O–H groups in total. The van der Waals surface area contributed by atoms with Crippen LogP contribution in [0.2, 0.25) is 0 Å². The van der Waals surface area contributed by atoms with Crippen molar-refractivity contribution in [3.8, 4) is 28.5 Å². The third kappa shape index (κ3) is 4.03. The van der Waals surface area contributed by atoms with Gasteiger partial charge in [0.2, 0.25) is 6.79 Å². The molecule has 4 rings (SSSR count). The van der Waals surface area contributed by atoms with Crippen LogP contribution in [0.25, 0.3) is 11.3 Å². The second-order valence-electron chi connectivity index (χ2n) is 5.94. The standard InChI is InChI=1S/C20H18N2O4S/c1-2-13-4-3-5-15(8-13)24-10-19(23)22-20-21-16(11-27-20)14-6-7-17-18(9-14)26-12-25-17/h3-9,11H,2,10,12H2,1H3,(H,21,22,23). The highest BCUT2D eigenvalue weighted by atomic mass is 32.1. The van der Waals surface area contributed by atoms with Crippen LogP contribution in [0.15, 0.2) is 47.8 Å². The van der Waals surface area contributed by atoms with Gasteiger partial charge in [0.25, 0.3) is 5.91 Å². The zero-order valence-corrected chi connectivity index (χ0v) is 15.5. The lowest BCUT2D eigenvalue weighted by molar-refractivity contribution is -0.118. The highest BCUT2D eigenvalue weighted by Crippen LogP contribution is 2.36. The summed E-state index contributed by atoms with van der Waals surface area (Å²) in [5.74, 6) is 1.87. The van der Waals surface area contributed by atoms with Crippen molar-refractivity contribution >= 4 is 22.4 Å². The van der Waals surface area contributed by atoms with E-state index in [9.17, 15) is 4.79 Å². The van der Waals surface area contributed by atoms with Gasteiger partial charge in [-0.05, 0) is 42.3 Å². The highest BCUT2D eigenvalue weighted by Gasteiger charge is 2.15. The average Bonchev–Trinajstić information content (AvgIpc) is 3.35. The van der Waals surface area contributed by atoms with E-state index in [2.05, 4.69) is 17.2 Å². The summed E-state index contributed by atoms with van der Waals surface area (Å²) in [6.45, 7) is 2.25. The Kier molecular flexibility index (Phi) is 4.93. The van der Waals surface area contributed by atoms with Crippen LogP contribution in [-0.4, -0.2) is 24.3 Å². The van der Waals surface area contributed by atoms with E-state index in [1.807, 2.05) is 47.8 Å². The van der Waals surface area contributed by atoms with Crippen molar-refractivity contribution in [2.45, 2.75) is 13.3 Å². The van der Waals surface area contributed by atoms with Crippen LogP contribution < -0.4 is 19.5 Å². The molecule has 0 atom stereocenters. The predicted octanol–water partition coefficient (Wildman–Crippen LogP) is 4.12. The molecule has 1 amide bonds. The number of thiazole rings is 1. The molecule has 2 aromatic carbocycles. The Morgan fingerprint density at radius 2 is 2.11 bits per heavy atom. The van der Waals surface area contributed by atoms with Gasteiger partial charge in [-0.2, -0.15) is 0 Å². The number of ether oxygens (including phenoxy) is 3. The Morgan fingerprint density at radius 3 is 3.00 bits per heavy atom. The number of hydrogen-bond donors (Lipinski definition) is 1. The molecule has 0 spiro atoms. The molecule has 0 bridgehead atoms. The Hall–Kier alpha value is -3.06. The predicted molar refractivity (Wildman–Crippen MR) is 104 cm³/mol. The summed E-state index contributed by atoms with van der Waals surface area (Å²) < 4.78 is 16.3. The van der Waals surface area contributed by atoms with Crippen LogP contribution in [-0.2, 0) is 11.2 Å². The van der Waals surface area contributed by atoms with Gasteiger partial charge in [0, 0.05) is 10.9 Å². The van der Waals surface area contributed by atoms with E-state index >= 15 is 0 Å². The fourth-order valence-corrected chi connectivity index (χ4v) is 3.41. The highest BCUT2D eigenvalue weighted by molar-refractivity contribution is 7.14. The first-order valence-electron chi connectivity index (χ1n) is 8.58. The maximum absolute atomic E-state index is 12.1. The van der Waals surface area contributed by atoms with Gasteiger partial charge < -0.3 is 14.2 Å². The second-order valence-corrected chi connectivity index (χ2v) is 6.80. The molecule has 138 valence electrons. The molecule has 0 saturated carbocycles. The zero-order valence-electron chi connectivity index (χ0n) is 14.7. The molecular formula is C20H18N2O4S. The van der Waals surface area contributed by atoms with Gasteiger partial charge >= 0.3 is 0 Å². The lowest BCUT2D eigenvalue weighted by Gasteiger charge is -2.07. The minimum atomic E-state index is -0.247. The smallest absolute Gasteiger partial charge is 0.264 e. The first-order valence-corrected chi connectivity index (χ1v) is 9.46. The first-order chi connectivity index (χ1) is 13.2. The SMILES string of the molecule is CCc1cccc(OCC(=O)Nc2nc(-c3ccc4c(c3)OCO4)cs2)c1. The van der Waals surface area contributed by atoms with Crippen molar-refractivity contribution in [2.75, 3.05) is 18.7 Å². The molecule has 6 nitrogen and oxygen atoms in total. The number of hydrogen-bond acceptors (Lipinski definition) is 6. The molecule has 1 aromatic heterocycles. The summed E-state index contributed by atoms with van der Waals surface area (Å²) in [7, 11) is 0. The quantitative estimate of drug-likeness (QED) is 0.694. The molecule has 7 heteroatoms. The minimum Gasteiger partial charge on any atom is -0.484 e. The van der Waals surface area contributed by atoms with Gasteiger partial charge in [0.05, 0.1) is 5.69 Å². The van der Waals surface area contributed by atoms with E-state index in [0.29, 0.717) is 16.6 Å². The summed E-state index contributed by atoms with van der Waals surface area (Å²) in [6, 6.07) is 13.4. The Morgan fingerprint density at radius 1 is 1.22 bits per heavy atom. The van der Waals surface area contributed by atoms with Gasteiger partial charge in [-0.1, -0.05) is 19.1 Å². The summed E-state index contributed by atoms with van der Waals surface area (Å²) in [5.41, 5.74) is 2.84. The van der Waals surface area contributed by atoms with Gasteiger partial charge in [0.1, 0.15) is 5.75 Å². The third-order valence-electron chi connectivity index (χ3n) is 4.10. The van der Waals surface area contributed by atoms with E-state index in [4.69, 9.17) is 14.2 Å². The molecule has 0 saturated heterocycles. The number of carbonyl (C=O) groups is 1. The minimum absolute atomic E-state index is 0.0634. The number of rotatable bonds is 6. The molecule has 1 aliphatic heterocycles. The number of benzene rings is 2.